The predicted molar refractivity (Wildman–Crippen MR) is 85.2 cm³/mol. The Labute approximate surface area is 132 Å². The van der Waals surface area contributed by atoms with Gasteiger partial charge in [0.1, 0.15) is 5.01 Å². The molecule has 3 rings (SSSR count). The van der Waals surface area contributed by atoms with Gasteiger partial charge in [0.15, 0.2) is 0 Å². The van der Waals surface area contributed by atoms with Crippen molar-refractivity contribution in [1.29, 1.82) is 0 Å². The van der Waals surface area contributed by atoms with E-state index in [1.165, 1.54) is 11.3 Å². The molecular weight excluding hydrogens is 300 g/mol. The number of aromatic nitrogens is 2. The van der Waals surface area contributed by atoms with E-state index in [1.54, 1.807) is 18.2 Å². The van der Waals surface area contributed by atoms with Gasteiger partial charge < -0.3 is 5.32 Å². The fourth-order valence-corrected chi connectivity index (χ4v) is 3.05. The monoisotopic (exact) mass is 316 g/mol. The van der Waals surface area contributed by atoms with Crippen LogP contribution in [0.15, 0.2) is 18.2 Å². The van der Waals surface area contributed by atoms with Gasteiger partial charge in [-0.1, -0.05) is 24.7 Å². The SMILES string of the molecule is CCCCc1nnc(NC(=O)c2ccc3c(c2)CC(=O)N3)s1. The maximum atomic E-state index is 12.2. The summed E-state index contributed by atoms with van der Waals surface area (Å²) < 4.78 is 0. The molecule has 2 amide bonds. The first-order valence-electron chi connectivity index (χ1n) is 7.22. The molecule has 0 saturated carbocycles. The molecule has 6 nitrogen and oxygen atoms in total. The molecule has 0 atom stereocenters. The number of carbonyl (C=O) groups excluding carboxylic acids is 2. The Morgan fingerprint density at radius 3 is 3.09 bits per heavy atom. The van der Waals surface area contributed by atoms with E-state index in [4.69, 9.17) is 0 Å². The zero-order valence-electron chi connectivity index (χ0n) is 12.2. The summed E-state index contributed by atoms with van der Waals surface area (Å²) in [5.74, 6) is -0.280. The Kier molecular flexibility index (Phi) is 4.15. The van der Waals surface area contributed by atoms with Crippen LogP contribution in [0.25, 0.3) is 0 Å². The van der Waals surface area contributed by atoms with Crippen LogP contribution in [0.5, 0.6) is 0 Å². The molecule has 1 aliphatic rings. The molecule has 0 radical (unpaired) electrons. The second-order valence-electron chi connectivity index (χ2n) is 5.16. The highest BCUT2D eigenvalue weighted by Crippen LogP contribution is 2.24. The third-order valence-corrected chi connectivity index (χ3v) is 4.32. The number of aryl methyl sites for hydroxylation is 1. The van der Waals surface area contributed by atoms with Crippen molar-refractivity contribution in [2.75, 3.05) is 10.6 Å². The van der Waals surface area contributed by atoms with Crippen molar-refractivity contribution in [1.82, 2.24) is 10.2 Å². The van der Waals surface area contributed by atoms with E-state index in [0.29, 0.717) is 17.1 Å². The minimum atomic E-state index is -0.236. The van der Waals surface area contributed by atoms with Crippen molar-refractivity contribution in [2.24, 2.45) is 0 Å². The van der Waals surface area contributed by atoms with Crippen molar-refractivity contribution < 1.29 is 9.59 Å². The highest BCUT2D eigenvalue weighted by molar-refractivity contribution is 7.15. The van der Waals surface area contributed by atoms with Gasteiger partial charge in [-0.25, -0.2) is 0 Å². The first-order chi connectivity index (χ1) is 10.7. The maximum absolute atomic E-state index is 12.2. The molecule has 2 aromatic rings. The van der Waals surface area contributed by atoms with E-state index in [9.17, 15) is 9.59 Å². The lowest BCUT2D eigenvalue weighted by atomic mass is 10.1. The van der Waals surface area contributed by atoms with Crippen molar-refractivity contribution >= 4 is 34.0 Å². The predicted octanol–water partition coefficient (Wildman–Crippen LogP) is 2.63. The molecule has 0 bridgehead atoms. The third-order valence-electron chi connectivity index (χ3n) is 3.42. The minimum absolute atomic E-state index is 0.0442. The van der Waals surface area contributed by atoms with Crippen LogP contribution in [-0.4, -0.2) is 22.0 Å². The highest BCUT2D eigenvalue weighted by Gasteiger charge is 2.19. The molecule has 0 saturated heterocycles. The number of hydrogen-bond acceptors (Lipinski definition) is 5. The largest absolute Gasteiger partial charge is 0.326 e. The Hall–Kier alpha value is -2.28. The molecule has 114 valence electrons. The van der Waals surface area contributed by atoms with Gasteiger partial charge in [0.05, 0.1) is 6.42 Å². The quantitative estimate of drug-likeness (QED) is 0.888. The number of nitrogens with one attached hydrogen (secondary N) is 2. The normalized spacial score (nSPS) is 12.9. The summed E-state index contributed by atoms with van der Waals surface area (Å²) in [6, 6.07) is 5.18. The summed E-state index contributed by atoms with van der Waals surface area (Å²) in [5, 5.41) is 15.0. The number of amides is 2. The van der Waals surface area contributed by atoms with Crippen molar-refractivity contribution in [3.63, 3.8) is 0 Å². The fourth-order valence-electron chi connectivity index (χ4n) is 2.27. The van der Waals surface area contributed by atoms with Crippen LogP contribution < -0.4 is 10.6 Å². The zero-order valence-corrected chi connectivity index (χ0v) is 13.0. The van der Waals surface area contributed by atoms with E-state index in [2.05, 4.69) is 27.8 Å². The molecule has 7 heteroatoms. The van der Waals surface area contributed by atoms with Gasteiger partial charge in [-0.15, -0.1) is 10.2 Å². The van der Waals surface area contributed by atoms with Gasteiger partial charge in [0, 0.05) is 17.7 Å². The molecule has 2 N–H and O–H groups in total. The van der Waals surface area contributed by atoms with Gasteiger partial charge in [0.25, 0.3) is 5.91 Å². The van der Waals surface area contributed by atoms with Crippen LogP contribution >= 0.6 is 11.3 Å². The fraction of sp³-hybridized carbons (Fsp3) is 0.333. The molecule has 22 heavy (non-hydrogen) atoms. The maximum Gasteiger partial charge on any atom is 0.257 e. The molecule has 0 aliphatic carbocycles. The van der Waals surface area contributed by atoms with E-state index < -0.39 is 0 Å². The number of benzene rings is 1. The van der Waals surface area contributed by atoms with Gasteiger partial charge >= 0.3 is 0 Å². The lowest BCUT2D eigenvalue weighted by Gasteiger charge is -2.03. The minimum Gasteiger partial charge on any atom is -0.326 e. The van der Waals surface area contributed by atoms with Gasteiger partial charge in [-0.3, -0.25) is 14.9 Å². The number of carbonyl (C=O) groups is 2. The van der Waals surface area contributed by atoms with Crippen molar-refractivity contribution in [3.05, 3.63) is 34.3 Å². The summed E-state index contributed by atoms with van der Waals surface area (Å²) >= 11 is 1.40. The molecule has 0 spiro atoms. The molecular formula is C15H16N4O2S. The first kappa shape index (κ1) is 14.6. The molecule has 1 aromatic heterocycles. The van der Waals surface area contributed by atoms with Gasteiger partial charge in [-0.2, -0.15) is 0 Å². The van der Waals surface area contributed by atoms with Gasteiger partial charge in [-0.05, 0) is 30.2 Å². The number of nitrogens with zero attached hydrogens (tertiary/aromatic N) is 2. The number of rotatable bonds is 5. The Morgan fingerprint density at radius 1 is 1.41 bits per heavy atom. The highest BCUT2D eigenvalue weighted by atomic mass is 32.1. The lowest BCUT2D eigenvalue weighted by molar-refractivity contribution is -0.115. The second kappa shape index (κ2) is 6.23. The topological polar surface area (TPSA) is 84.0 Å². The molecule has 2 heterocycles. The number of unbranched alkanes of at least 4 members (excludes halogenated alkanes) is 1. The number of hydrogen-bond donors (Lipinski definition) is 2. The van der Waals surface area contributed by atoms with Crippen molar-refractivity contribution in [3.8, 4) is 0 Å². The van der Waals surface area contributed by atoms with Crippen LogP contribution in [0, 0.1) is 0 Å². The molecule has 0 unspecified atom stereocenters. The van der Waals surface area contributed by atoms with Crippen LogP contribution in [0.3, 0.4) is 0 Å². The summed E-state index contributed by atoms with van der Waals surface area (Å²) in [7, 11) is 0. The van der Waals surface area contributed by atoms with Crippen LogP contribution in [0.4, 0.5) is 10.8 Å². The van der Waals surface area contributed by atoms with Crippen molar-refractivity contribution in [2.45, 2.75) is 32.6 Å². The number of anilines is 2. The Balaban J connectivity index is 1.68. The summed E-state index contributed by atoms with van der Waals surface area (Å²) in [4.78, 5) is 23.6. The Morgan fingerprint density at radius 2 is 2.27 bits per heavy atom. The molecule has 0 fully saturated rings. The first-order valence-corrected chi connectivity index (χ1v) is 8.04. The van der Waals surface area contributed by atoms with E-state index >= 15 is 0 Å². The van der Waals surface area contributed by atoms with E-state index in [1.807, 2.05) is 0 Å². The smallest absolute Gasteiger partial charge is 0.257 e. The standard InChI is InChI=1S/C15H16N4O2S/c1-2-3-4-13-18-19-15(22-13)17-14(21)9-5-6-11-10(7-9)8-12(20)16-11/h5-7H,2-4,8H2,1H3,(H,16,20)(H,17,19,21). The van der Waals surface area contributed by atoms with Crippen LogP contribution in [0.2, 0.25) is 0 Å². The average Bonchev–Trinajstić information content (AvgIpc) is 3.09. The van der Waals surface area contributed by atoms with E-state index in [0.717, 1.165) is 35.5 Å². The Bertz CT molecular complexity index is 726. The summed E-state index contributed by atoms with van der Waals surface area (Å²) in [6.07, 6.45) is 3.37. The van der Waals surface area contributed by atoms with Crippen LogP contribution in [0.1, 0.15) is 40.7 Å². The summed E-state index contributed by atoms with van der Waals surface area (Å²) in [6.45, 7) is 2.12. The lowest BCUT2D eigenvalue weighted by Crippen LogP contribution is -2.11. The number of fused-ring (bicyclic) bond motifs is 1. The zero-order chi connectivity index (χ0) is 15.5. The molecule has 1 aromatic carbocycles. The van der Waals surface area contributed by atoms with Crippen LogP contribution in [-0.2, 0) is 17.6 Å². The second-order valence-corrected chi connectivity index (χ2v) is 6.22. The van der Waals surface area contributed by atoms with Gasteiger partial charge in [0.2, 0.25) is 11.0 Å². The molecule has 1 aliphatic heterocycles. The van der Waals surface area contributed by atoms with E-state index in [-0.39, 0.29) is 11.8 Å². The summed E-state index contributed by atoms with van der Waals surface area (Å²) in [5.41, 5.74) is 2.14. The third kappa shape index (κ3) is 3.14. The average molecular weight is 316 g/mol.